The molecule has 3 aromatic carbocycles. The van der Waals surface area contributed by atoms with Crippen LogP contribution in [0.2, 0.25) is 5.02 Å². The zero-order chi connectivity index (χ0) is 19.0. The van der Waals surface area contributed by atoms with Crippen LogP contribution in [0, 0.1) is 0 Å². The van der Waals surface area contributed by atoms with Gasteiger partial charge in [0.15, 0.2) is 0 Å². The van der Waals surface area contributed by atoms with E-state index in [1.54, 1.807) is 0 Å². The van der Waals surface area contributed by atoms with Crippen molar-refractivity contribution in [3.05, 3.63) is 95.0 Å². The third kappa shape index (κ3) is 3.08. The van der Waals surface area contributed by atoms with Crippen LogP contribution in [-0.2, 0) is 4.79 Å². The standard InChI is InChI=1S/C23H21ClN2O/c1-25(2)18-14-12-17(13-15-18)22-21(16-8-4-3-5-9-16)23(27)26(22)20-11-7-6-10-19(20)24/h3-15,21-22H,1-2H3/t21-,22+/m1/s1. The SMILES string of the molecule is CN(C)c1ccc([C@H]2[C@@H](c3ccccc3)C(=O)N2c2ccccc2Cl)cc1. The predicted molar refractivity (Wildman–Crippen MR) is 112 cm³/mol. The number of para-hydroxylation sites is 1. The van der Waals surface area contributed by atoms with Gasteiger partial charge in [-0.1, -0.05) is 66.2 Å². The third-order valence-electron chi connectivity index (χ3n) is 5.12. The van der Waals surface area contributed by atoms with E-state index in [-0.39, 0.29) is 17.9 Å². The Balaban J connectivity index is 1.78. The Labute approximate surface area is 164 Å². The fourth-order valence-corrected chi connectivity index (χ4v) is 3.93. The summed E-state index contributed by atoms with van der Waals surface area (Å²) >= 11 is 6.41. The maximum atomic E-state index is 13.1. The van der Waals surface area contributed by atoms with E-state index in [0.717, 1.165) is 22.5 Å². The second-order valence-electron chi connectivity index (χ2n) is 6.98. The number of β-lactam (4-membered cyclic amide) rings is 1. The second-order valence-corrected chi connectivity index (χ2v) is 7.39. The molecule has 27 heavy (non-hydrogen) atoms. The topological polar surface area (TPSA) is 23.6 Å². The van der Waals surface area contributed by atoms with Crippen LogP contribution in [0.3, 0.4) is 0 Å². The lowest BCUT2D eigenvalue weighted by Crippen LogP contribution is -2.53. The number of benzene rings is 3. The lowest BCUT2D eigenvalue weighted by atomic mass is 9.77. The van der Waals surface area contributed by atoms with Gasteiger partial charge in [0.1, 0.15) is 0 Å². The number of carbonyl (C=O) groups is 1. The molecule has 3 aromatic rings. The van der Waals surface area contributed by atoms with E-state index < -0.39 is 0 Å². The molecule has 2 atom stereocenters. The highest BCUT2D eigenvalue weighted by Gasteiger charge is 2.50. The van der Waals surface area contributed by atoms with Gasteiger partial charge in [-0.25, -0.2) is 0 Å². The smallest absolute Gasteiger partial charge is 0.237 e. The minimum Gasteiger partial charge on any atom is -0.378 e. The van der Waals surface area contributed by atoms with Crippen molar-refractivity contribution in [2.45, 2.75) is 12.0 Å². The summed E-state index contributed by atoms with van der Waals surface area (Å²) in [6, 6.07) is 25.8. The molecule has 0 aliphatic carbocycles. The molecule has 1 saturated heterocycles. The summed E-state index contributed by atoms with van der Waals surface area (Å²) in [5.74, 6) is -0.122. The lowest BCUT2D eigenvalue weighted by molar-refractivity contribution is -0.126. The number of hydrogen-bond acceptors (Lipinski definition) is 2. The number of anilines is 2. The van der Waals surface area contributed by atoms with Gasteiger partial charge in [-0.3, -0.25) is 4.79 Å². The van der Waals surface area contributed by atoms with Crippen LogP contribution in [-0.4, -0.2) is 20.0 Å². The van der Waals surface area contributed by atoms with E-state index in [4.69, 9.17) is 11.6 Å². The van der Waals surface area contributed by atoms with Crippen molar-refractivity contribution in [3.8, 4) is 0 Å². The summed E-state index contributed by atoms with van der Waals surface area (Å²) in [6.45, 7) is 0. The fourth-order valence-electron chi connectivity index (χ4n) is 3.70. The summed E-state index contributed by atoms with van der Waals surface area (Å²) in [4.78, 5) is 17.0. The van der Waals surface area contributed by atoms with Crippen molar-refractivity contribution in [1.82, 2.24) is 0 Å². The number of hydrogen-bond donors (Lipinski definition) is 0. The zero-order valence-electron chi connectivity index (χ0n) is 15.3. The molecule has 0 N–H and O–H groups in total. The first kappa shape index (κ1) is 17.6. The first-order chi connectivity index (χ1) is 13.1. The average Bonchev–Trinajstić information content (AvgIpc) is 2.68. The molecule has 0 saturated carbocycles. The van der Waals surface area contributed by atoms with Crippen LogP contribution in [0.25, 0.3) is 0 Å². The molecule has 1 fully saturated rings. The van der Waals surface area contributed by atoms with Crippen molar-refractivity contribution in [1.29, 1.82) is 0 Å². The number of halogens is 1. The largest absolute Gasteiger partial charge is 0.378 e. The van der Waals surface area contributed by atoms with Gasteiger partial charge in [0, 0.05) is 19.8 Å². The normalized spacial score (nSPS) is 18.9. The Morgan fingerprint density at radius 1 is 0.815 bits per heavy atom. The first-order valence-electron chi connectivity index (χ1n) is 8.98. The maximum absolute atomic E-state index is 13.1. The van der Waals surface area contributed by atoms with Gasteiger partial charge >= 0.3 is 0 Å². The molecule has 4 rings (SSSR count). The van der Waals surface area contributed by atoms with Crippen LogP contribution >= 0.6 is 11.6 Å². The highest BCUT2D eigenvalue weighted by Crippen LogP contribution is 2.50. The molecule has 1 heterocycles. The number of nitrogens with zero attached hydrogens (tertiary/aromatic N) is 2. The van der Waals surface area contributed by atoms with Crippen LogP contribution in [0.1, 0.15) is 23.1 Å². The van der Waals surface area contributed by atoms with Crippen molar-refractivity contribution < 1.29 is 4.79 Å². The fraction of sp³-hybridized carbons (Fsp3) is 0.174. The minimum absolute atomic E-state index is 0.0731. The monoisotopic (exact) mass is 376 g/mol. The summed E-state index contributed by atoms with van der Waals surface area (Å²) in [5, 5.41) is 0.590. The Morgan fingerprint density at radius 2 is 1.44 bits per heavy atom. The van der Waals surface area contributed by atoms with Gasteiger partial charge < -0.3 is 9.80 Å². The van der Waals surface area contributed by atoms with E-state index >= 15 is 0 Å². The second kappa shape index (κ2) is 7.09. The van der Waals surface area contributed by atoms with E-state index in [2.05, 4.69) is 29.2 Å². The van der Waals surface area contributed by atoms with Crippen molar-refractivity contribution in [3.63, 3.8) is 0 Å². The minimum atomic E-state index is -0.201. The van der Waals surface area contributed by atoms with Crippen LogP contribution in [0.4, 0.5) is 11.4 Å². The van der Waals surface area contributed by atoms with Gasteiger partial charge in [0.25, 0.3) is 0 Å². The van der Waals surface area contributed by atoms with Crippen LogP contribution in [0.15, 0.2) is 78.9 Å². The molecule has 3 nitrogen and oxygen atoms in total. The number of rotatable bonds is 4. The van der Waals surface area contributed by atoms with E-state index in [0.29, 0.717) is 5.02 Å². The van der Waals surface area contributed by atoms with Crippen molar-refractivity contribution in [2.75, 3.05) is 23.9 Å². The van der Waals surface area contributed by atoms with E-state index in [1.165, 1.54) is 0 Å². The summed E-state index contributed by atoms with van der Waals surface area (Å²) in [5.41, 5.74) is 4.03. The Bertz CT molecular complexity index is 954. The maximum Gasteiger partial charge on any atom is 0.237 e. The average molecular weight is 377 g/mol. The molecule has 1 amide bonds. The van der Waals surface area contributed by atoms with Crippen LogP contribution < -0.4 is 9.80 Å². The lowest BCUT2D eigenvalue weighted by Gasteiger charge is -2.48. The molecule has 136 valence electrons. The molecular formula is C23H21ClN2O. The molecule has 0 spiro atoms. The van der Waals surface area contributed by atoms with Crippen molar-refractivity contribution in [2.24, 2.45) is 0 Å². The molecule has 0 radical (unpaired) electrons. The highest BCUT2D eigenvalue weighted by molar-refractivity contribution is 6.34. The van der Waals surface area contributed by atoms with E-state index in [9.17, 15) is 4.79 Å². The van der Waals surface area contributed by atoms with Gasteiger partial charge in [-0.2, -0.15) is 0 Å². The van der Waals surface area contributed by atoms with Crippen molar-refractivity contribution >= 4 is 28.9 Å². The summed E-state index contributed by atoms with van der Waals surface area (Å²) < 4.78 is 0. The third-order valence-corrected chi connectivity index (χ3v) is 5.44. The molecule has 0 aromatic heterocycles. The zero-order valence-corrected chi connectivity index (χ0v) is 16.1. The van der Waals surface area contributed by atoms with Gasteiger partial charge in [-0.05, 0) is 35.4 Å². The van der Waals surface area contributed by atoms with Crippen LogP contribution in [0.5, 0.6) is 0 Å². The van der Waals surface area contributed by atoms with Gasteiger partial charge in [0.05, 0.1) is 22.7 Å². The Morgan fingerprint density at radius 3 is 2.07 bits per heavy atom. The summed E-state index contributed by atoms with van der Waals surface area (Å²) in [7, 11) is 4.04. The quantitative estimate of drug-likeness (QED) is 0.578. The Hall–Kier alpha value is -2.78. The number of amides is 1. The van der Waals surface area contributed by atoms with Gasteiger partial charge in [0.2, 0.25) is 5.91 Å². The predicted octanol–water partition coefficient (Wildman–Crippen LogP) is 5.28. The molecule has 0 bridgehead atoms. The molecular weight excluding hydrogens is 356 g/mol. The number of carbonyl (C=O) groups excluding carboxylic acids is 1. The first-order valence-corrected chi connectivity index (χ1v) is 9.35. The highest BCUT2D eigenvalue weighted by atomic mass is 35.5. The van der Waals surface area contributed by atoms with E-state index in [1.807, 2.05) is 73.6 Å². The molecule has 1 aliphatic rings. The molecule has 1 aliphatic heterocycles. The summed E-state index contributed by atoms with van der Waals surface area (Å²) in [6.07, 6.45) is 0. The van der Waals surface area contributed by atoms with Gasteiger partial charge in [-0.15, -0.1) is 0 Å². The molecule has 4 heteroatoms. The Kier molecular flexibility index (Phi) is 4.63. The molecule has 0 unspecified atom stereocenters.